The number of carbonyl (C=O) groups is 2. The second kappa shape index (κ2) is 44.7. The van der Waals surface area contributed by atoms with Crippen LogP contribution in [0, 0.1) is 11.8 Å². The lowest BCUT2D eigenvalue weighted by Crippen LogP contribution is -2.28. The molecule has 0 aromatic carbocycles. The summed E-state index contributed by atoms with van der Waals surface area (Å²) >= 11 is 0. The molecule has 1 rings (SSSR count). The van der Waals surface area contributed by atoms with Gasteiger partial charge in [-0.1, -0.05) is 207 Å². The van der Waals surface area contributed by atoms with Gasteiger partial charge in [-0.2, -0.15) is 0 Å². The minimum absolute atomic E-state index is 0.0512. The number of ether oxygens (including phenoxy) is 2. The number of rotatable bonds is 48. The van der Waals surface area contributed by atoms with Gasteiger partial charge in [-0.25, -0.2) is 4.98 Å². The van der Waals surface area contributed by atoms with E-state index in [1.165, 1.54) is 154 Å². The summed E-state index contributed by atoms with van der Waals surface area (Å²) in [5.41, 5.74) is 0. The van der Waals surface area contributed by atoms with Crippen LogP contribution in [-0.2, 0) is 25.6 Å². The molecule has 0 spiro atoms. The zero-order valence-electron chi connectivity index (χ0n) is 41.3. The number of unbranched alkanes of at least 4 members (excludes halogenated alkanes) is 26. The number of imidazole rings is 1. The largest absolute Gasteiger partial charge is 0.465 e. The van der Waals surface area contributed by atoms with Gasteiger partial charge in [0.15, 0.2) is 0 Å². The molecule has 0 aliphatic heterocycles. The highest BCUT2D eigenvalue weighted by molar-refractivity contribution is 5.72. The third-order valence-electron chi connectivity index (χ3n) is 13.0. The first-order valence-corrected chi connectivity index (χ1v) is 27.1. The van der Waals surface area contributed by atoms with Gasteiger partial charge in [-0.15, -0.1) is 0 Å². The van der Waals surface area contributed by atoms with Crippen LogP contribution in [0.2, 0.25) is 0 Å². The van der Waals surface area contributed by atoms with E-state index in [1.807, 2.05) is 18.7 Å². The number of hydrogen-bond donors (Lipinski definition) is 0. The fourth-order valence-corrected chi connectivity index (χ4v) is 8.84. The lowest BCUT2D eigenvalue weighted by atomic mass is 9.94. The summed E-state index contributed by atoms with van der Waals surface area (Å²) in [5.74, 6) is 0.234. The second-order valence-electron chi connectivity index (χ2n) is 18.8. The summed E-state index contributed by atoms with van der Waals surface area (Å²) < 4.78 is 14.1. The zero-order chi connectivity index (χ0) is 44.1. The Morgan fingerprint density at radius 1 is 0.443 bits per heavy atom. The van der Waals surface area contributed by atoms with E-state index in [-0.39, 0.29) is 23.8 Å². The fraction of sp³-hybridized carbons (Fsp3) is 0.907. The minimum atomic E-state index is 0.0512. The number of hydrogen-bond acceptors (Lipinski definition) is 6. The number of nitrogens with zero attached hydrogens (tertiary/aromatic N) is 3. The van der Waals surface area contributed by atoms with Gasteiger partial charge in [0.2, 0.25) is 0 Å². The van der Waals surface area contributed by atoms with E-state index in [1.54, 1.807) is 0 Å². The summed E-state index contributed by atoms with van der Waals surface area (Å²) in [5, 5.41) is 0. The van der Waals surface area contributed by atoms with E-state index < -0.39 is 0 Å². The third-order valence-corrected chi connectivity index (χ3v) is 13.0. The first kappa shape index (κ1) is 57.1. The van der Waals surface area contributed by atoms with E-state index in [4.69, 9.17) is 9.47 Å². The smallest absolute Gasteiger partial charge is 0.308 e. The summed E-state index contributed by atoms with van der Waals surface area (Å²) in [7, 11) is 0. The van der Waals surface area contributed by atoms with E-state index in [9.17, 15) is 9.59 Å². The van der Waals surface area contributed by atoms with Crippen LogP contribution >= 0.6 is 0 Å². The Kier molecular flexibility index (Phi) is 41.9. The van der Waals surface area contributed by atoms with Gasteiger partial charge in [0.05, 0.1) is 31.4 Å². The molecule has 1 aromatic rings. The van der Waals surface area contributed by atoms with Crippen LogP contribution in [0.4, 0.5) is 0 Å². The van der Waals surface area contributed by atoms with E-state index in [2.05, 4.69) is 42.1 Å². The molecule has 61 heavy (non-hydrogen) atoms. The minimum Gasteiger partial charge on any atom is -0.465 e. The summed E-state index contributed by atoms with van der Waals surface area (Å²) in [4.78, 5) is 33.4. The molecule has 0 aliphatic carbocycles. The van der Waals surface area contributed by atoms with Crippen molar-refractivity contribution in [2.45, 2.75) is 272 Å². The quantitative estimate of drug-likeness (QED) is 0.0480. The molecule has 0 fully saturated rings. The van der Waals surface area contributed by atoms with E-state index >= 15 is 0 Å². The number of aryl methyl sites for hydroxylation is 1. The Labute approximate surface area is 379 Å². The van der Waals surface area contributed by atoms with Gasteiger partial charge in [0, 0.05) is 18.9 Å². The van der Waals surface area contributed by atoms with Crippen molar-refractivity contribution in [3.63, 3.8) is 0 Å². The van der Waals surface area contributed by atoms with Crippen molar-refractivity contribution in [2.24, 2.45) is 11.8 Å². The predicted molar refractivity (Wildman–Crippen MR) is 261 cm³/mol. The van der Waals surface area contributed by atoms with Crippen LogP contribution in [0.15, 0.2) is 18.7 Å². The monoisotopic (exact) mass is 858 g/mol. The van der Waals surface area contributed by atoms with Gasteiger partial charge in [0.1, 0.15) is 0 Å². The molecular formula is C54H103N3O4. The van der Waals surface area contributed by atoms with Gasteiger partial charge in [0.25, 0.3) is 0 Å². The number of carbonyl (C=O) groups excluding carboxylic acids is 2. The maximum absolute atomic E-state index is 13.3. The van der Waals surface area contributed by atoms with Crippen molar-refractivity contribution in [3.05, 3.63) is 18.7 Å². The van der Waals surface area contributed by atoms with Crippen LogP contribution in [-0.4, -0.2) is 59.2 Å². The lowest BCUT2D eigenvalue weighted by Gasteiger charge is -2.23. The molecule has 0 amide bonds. The summed E-state index contributed by atoms with van der Waals surface area (Å²) in [6, 6.07) is 0. The lowest BCUT2D eigenvalue weighted by molar-refractivity contribution is -0.150. The average Bonchev–Trinajstić information content (AvgIpc) is 3.79. The maximum Gasteiger partial charge on any atom is 0.308 e. The number of aromatic nitrogens is 2. The van der Waals surface area contributed by atoms with E-state index in [0.717, 1.165) is 110 Å². The highest BCUT2D eigenvalue weighted by Gasteiger charge is 2.21. The third kappa shape index (κ3) is 36.2. The Morgan fingerprint density at radius 3 is 1.10 bits per heavy atom. The molecule has 0 aliphatic rings. The van der Waals surface area contributed by atoms with E-state index in [0.29, 0.717) is 13.2 Å². The van der Waals surface area contributed by atoms with Crippen molar-refractivity contribution in [2.75, 3.05) is 32.8 Å². The van der Waals surface area contributed by atoms with Crippen molar-refractivity contribution in [3.8, 4) is 0 Å². The highest BCUT2D eigenvalue weighted by atomic mass is 16.5. The molecule has 0 radical (unpaired) electrons. The van der Waals surface area contributed by atoms with Crippen LogP contribution in [0.3, 0.4) is 0 Å². The molecule has 0 saturated carbocycles. The zero-order valence-corrected chi connectivity index (χ0v) is 41.3. The summed E-state index contributed by atoms with van der Waals surface area (Å²) in [6.07, 6.45) is 50.6. The molecule has 7 nitrogen and oxygen atoms in total. The Bertz CT molecular complexity index is 987. The first-order valence-electron chi connectivity index (χ1n) is 27.1. The van der Waals surface area contributed by atoms with Crippen molar-refractivity contribution in [1.29, 1.82) is 0 Å². The topological polar surface area (TPSA) is 73.7 Å². The summed E-state index contributed by atoms with van der Waals surface area (Å²) in [6.45, 7) is 14.1. The van der Waals surface area contributed by atoms with Gasteiger partial charge < -0.3 is 18.9 Å². The van der Waals surface area contributed by atoms with Crippen LogP contribution < -0.4 is 0 Å². The van der Waals surface area contributed by atoms with Gasteiger partial charge >= 0.3 is 11.9 Å². The van der Waals surface area contributed by atoms with Gasteiger partial charge in [-0.05, 0) is 77.4 Å². The molecule has 0 N–H and O–H groups in total. The van der Waals surface area contributed by atoms with Crippen LogP contribution in [0.5, 0.6) is 0 Å². The molecule has 0 bridgehead atoms. The molecule has 2 unspecified atom stereocenters. The van der Waals surface area contributed by atoms with Gasteiger partial charge in [-0.3, -0.25) is 9.59 Å². The average molecular weight is 858 g/mol. The molecular weight excluding hydrogens is 755 g/mol. The van der Waals surface area contributed by atoms with Crippen LogP contribution in [0.1, 0.15) is 265 Å². The molecule has 358 valence electrons. The highest BCUT2D eigenvalue weighted by Crippen LogP contribution is 2.23. The maximum atomic E-state index is 13.3. The Morgan fingerprint density at radius 2 is 0.770 bits per heavy atom. The normalized spacial score (nSPS) is 12.6. The van der Waals surface area contributed by atoms with Crippen LogP contribution in [0.25, 0.3) is 0 Å². The molecule has 1 heterocycles. The Hall–Kier alpha value is -1.89. The number of esters is 2. The SMILES string of the molecule is CCCCCCCCCCC(CCCCCCCC)C(=O)OCCCCN(CCCCOC(=O)C(CCCCCCCC)CCCCCCCCCC)CCCn1ccnc1. The van der Waals surface area contributed by atoms with Crippen molar-refractivity contribution < 1.29 is 19.1 Å². The Balaban J connectivity index is 2.55. The molecule has 2 atom stereocenters. The predicted octanol–water partition coefficient (Wildman–Crippen LogP) is 16.0. The molecule has 1 aromatic heterocycles. The first-order chi connectivity index (χ1) is 30.0. The second-order valence-corrected chi connectivity index (χ2v) is 18.8. The standard InChI is InChI=1S/C54H103N3O4/c1-5-9-13-17-21-23-27-31-40-51(38-29-25-19-15-11-7-3)53(58)60-48-35-33-43-56(45-37-46-57-47-42-55-50-57)44-34-36-49-61-54(59)52(39-30-26-20-16-12-8-4)41-32-28-24-22-18-14-10-6-2/h42,47,50-52H,5-41,43-46,48-49H2,1-4H3. The molecule has 0 saturated heterocycles. The van der Waals surface area contributed by atoms with Crippen molar-refractivity contribution >= 4 is 11.9 Å². The van der Waals surface area contributed by atoms with Crippen molar-refractivity contribution in [1.82, 2.24) is 14.5 Å². The molecule has 7 heteroatoms. The fourth-order valence-electron chi connectivity index (χ4n) is 8.84.